The van der Waals surface area contributed by atoms with Crippen LogP contribution in [0.25, 0.3) is 0 Å². The molecule has 1 saturated heterocycles. The third-order valence-corrected chi connectivity index (χ3v) is 1.34. The Balaban J connectivity index is 2.56. The highest BCUT2D eigenvalue weighted by Crippen LogP contribution is 2.12. The van der Waals surface area contributed by atoms with Crippen LogP contribution < -0.4 is 0 Å². The van der Waals surface area contributed by atoms with E-state index >= 15 is 0 Å². The average molecular weight is 173 g/mol. The molecule has 1 heterocycles. The van der Waals surface area contributed by atoms with Gasteiger partial charge in [-0.1, -0.05) is 5.06 Å². The van der Waals surface area contributed by atoms with Crippen molar-refractivity contribution in [1.29, 1.82) is 0 Å². The van der Waals surface area contributed by atoms with E-state index in [1.54, 1.807) is 0 Å². The molecular formula is C6H7NO5. The summed E-state index contributed by atoms with van der Waals surface area (Å²) >= 11 is 0. The van der Waals surface area contributed by atoms with Gasteiger partial charge < -0.3 is 4.74 Å². The molecule has 0 aliphatic carbocycles. The van der Waals surface area contributed by atoms with E-state index < -0.39 is 18.0 Å². The standard InChI is InChI=1S/C6H7NO5/c1-11-6(10)12-7-4(8)2-3-5(7)9/h2-3H2,1H3. The van der Waals surface area contributed by atoms with Gasteiger partial charge in [0, 0.05) is 12.8 Å². The summed E-state index contributed by atoms with van der Waals surface area (Å²) in [6, 6.07) is 0. The molecule has 1 fully saturated rings. The Kier molecular flexibility index (Phi) is 2.27. The molecule has 0 spiro atoms. The molecule has 0 radical (unpaired) electrons. The lowest BCUT2D eigenvalue weighted by atomic mass is 10.4. The summed E-state index contributed by atoms with van der Waals surface area (Å²) in [5.74, 6) is -1.05. The summed E-state index contributed by atoms with van der Waals surface area (Å²) in [5, 5.41) is 0.422. The van der Waals surface area contributed by atoms with Crippen LogP contribution in [0.1, 0.15) is 12.8 Å². The van der Waals surface area contributed by atoms with E-state index in [1.807, 2.05) is 0 Å². The highest BCUT2D eigenvalue weighted by Gasteiger charge is 2.33. The molecule has 6 nitrogen and oxygen atoms in total. The summed E-state index contributed by atoms with van der Waals surface area (Å²) in [7, 11) is 1.09. The highest BCUT2D eigenvalue weighted by atomic mass is 16.8. The molecule has 1 aliphatic rings. The van der Waals surface area contributed by atoms with Gasteiger partial charge in [0.25, 0.3) is 11.8 Å². The molecule has 0 aromatic carbocycles. The quantitative estimate of drug-likeness (QED) is 0.406. The third kappa shape index (κ3) is 1.52. The van der Waals surface area contributed by atoms with Gasteiger partial charge in [0.05, 0.1) is 7.11 Å². The summed E-state index contributed by atoms with van der Waals surface area (Å²) in [6.07, 6.45) is -0.912. The van der Waals surface area contributed by atoms with E-state index in [1.165, 1.54) is 0 Å². The summed E-state index contributed by atoms with van der Waals surface area (Å²) in [5.41, 5.74) is 0. The first kappa shape index (κ1) is 8.51. The first-order valence-electron chi connectivity index (χ1n) is 3.27. The van der Waals surface area contributed by atoms with Crippen LogP contribution in [0.2, 0.25) is 0 Å². The minimum Gasteiger partial charge on any atom is -0.436 e. The molecule has 66 valence electrons. The van der Waals surface area contributed by atoms with E-state index in [2.05, 4.69) is 9.57 Å². The molecule has 0 N–H and O–H groups in total. The molecule has 0 aromatic rings. The number of carbonyl (C=O) groups is 3. The molecule has 0 bridgehead atoms. The van der Waals surface area contributed by atoms with Crippen molar-refractivity contribution in [3.05, 3.63) is 0 Å². The van der Waals surface area contributed by atoms with Gasteiger partial charge in [-0.3, -0.25) is 14.4 Å². The molecule has 6 heteroatoms. The van der Waals surface area contributed by atoms with Crippen LogP contribution in [0.5, 0.6) is 0 Å². The van der Waals surface area contributed by atoms with Crippen molar-refractivity contribution in [3.8, 4) is 0 Å². The largest absolute Gasteiger partial charge is 0.533 e. The van der Waals surface area contributed by atoms with Gasteiger partial charge in [-0.25, -0.2) is 4.79 Å². The van der Waals surface area contributed by atoms with Gasteiger partial charge >= 0.3 is 6.16 Å². The van der Waals surface area contributed by atoms with Gasteiger partial charge in [-0.05, 0) is 0 Å². The number of nitrogens with zero attached hydrogens (tertiary/aromatic N) is 1. The lowest BCUT2D eigenvalue weighted by Crippen LogP contribution is -2.31. The fourth-order valence-electron chi connectivity index (χ4n) is 0.770. The zero-order valence-corrected chi connectivity index (χ0v) is 6.40. The Morgan fingerprint density at radius 3 is 2.25 bits per heavy atom. The maximum Gasteiger partial charge on any atom is 0.533 e. The molecule has 0 aromatic heterocycles. The first-order chi connectivity index (χ1) is 5.65. The second kappa shape index (κ2) is 3.21. The Labute approximate surface area is 68.0 Å². The third-order valence-electron chi connectivity index (χ3n) is 1.34. The van der Waals surface area contributed by atoms with Crippen molar-refractivity contribution >= 4 is 18.0 Å². The van der Waals surface area contributed by atoms with Crippen molar-refractivity contribution in [2.45, 2.75) is 12.8 Å². The van der Waals surface area contributed by atoms with Crippen LogP contribution in [-0.4, -0.2) is 30.1 Å². The molecule has 0 saturated carbocycles. The van der Waals surface area contributed by atoms with Crippen LogP contribution in [0.15, 0.2) is 0 Å². The summed E-state index contributed by atoms with van der Waals surface area (Å²) in [4.78, 5) is 36.3. The van der Waals surface area contributed by atoms with E-state index in [4.69, 9.17) is 0 Å². The number of amides is 2. The first-order valence-corrected chi connectivity index (χ1v) is 3.27. The lowest BCUT2D eigenvalue weighted by Gasteiger charge is -2.10. The van der Waals surface area contributed by atoms with E-state index in [9.17, 15) is 14.4 Å². The van der Waals surface area contributed by atoms with Crippen molar-refractivity contribution in [3.63, 3.8) is 0 Å². The number of ether oxygens (including phenoxy) is 1. The van der Waals surface area contributed by atoms with Crippen LogP contribution in [0.4, 0.5) is 4.79 Å². The Bertz CT molecular complexity index is 220. The van der Waals surface area contributed by atoms with Gasteiger partial charge in [-0.2, -0.15) is 0 Å². The minimum atomic E-state index is -1.07. The van der Waals surface area contributed by atoms with Gasteiger partial charge in [0.2, 0.25) is 0 Å². The second-order valence-corrected chi connectivity index (χ2v) is 2.13. The number of methoxy groups -OCH3 is 1. The molecule has 12 heavy (non-hydrogen) atoms. The number of carbonyl (C=O) groups excluding carboxylic acids is 3. The summed E-state index contributed by atoms with van der Waals surface area (Å²) in [6.45, 7) is 0. The van der Waals surface area contributed by atoms with Gasteiger partial charge in [-0.15, -0.1) is 0 Å². The maximum atomic E-state index is 10.8. The smallest absolute Gasteiger partial charge is 0.436 e. The van der Waals surface area contributed by atoms with Gasteiger partial charge in [0.1, 0.15) is 0 Å². The molecule has 1 aliphatic heterocycles. The number of hydrogen-bond donors (Lipinski definition) is 0. The predicted molar refractivity (Wildman–Crippen MR) is 34.6 cm³/mol. The highest BCUT2D eigenvalue weighted by molar-refractivity contribution is 6.01. The Morgan fingerprint density at radius 1 is 1.33 bits per heavy atom. The van der Waals surface area contributed by atoms with Crippen molar-refractivity contribution in [1.82, 2.24) is 5.06 Å². The normalized spacial score (nSPS) is 16.6. The van der Waals surface area contributed by atoms with Crippen LogP contribution in [0.3, 0.4) is 0 Å². The van der Waals surface area contributed by atoms with Crippen molar-refractivity contribution in [2.75, 3.05) is 7.11 Å². The number of imide groups is 1. The van der Waals surface area contributed by atoms with Crippen LogP contribution >= 0.6 is 0 Å². The van der Waals surface area contributed by atoms with E-state index in [0.29, 0.717) is 5.06 Å². The predicted octanol–water partition coefficient (Wildman–Crippen LogP) is -0.167. The van der Waals surface area contributed by atoms with E-state index in [0.717, 1.165) is 7.11 Å². The molecular weight excluding hydrogens is 166 g/mol. The number of hydrogen-bond acceptors (Lipinski definition) is 5. The minimum absolute atomic E-state index is 0.0792. The fourth-order valence-corrected chi connectivity index (χ4v) is 0.770. The van der Waals surface area contributed by atoms with Crippen LogP contribution in [-0.2, 0) is 19.2 Å². The topological polar surface area (TPSA) is 72.9 Å². The zero-order valence-electron chi connectivity index (χ0n) is 6.40. The molecule has 0 unspecified atom stereocenters. The molecule has 1 rings (SSSR count). The average Bonchev–Trinajstić information content (AvgIpc) is 2.35. The fraction of sp³-hybridized carbons (Fsp3) is 0.500. The maximum absolute atomic E-state index is 10.8. The van der Waals surface area contributed by atoms with E-state index in [-0.39, 0.29) is 12.8 Å². The zero-order chi connectivity index (χ0) is 9.14. The van der Waals surface area contributed by atoms with Gasteiger partial charge in [0.15, 0.2) is 0 Å². The SMILES string of the molecule is COC(=O)ON1C(=O)CCC1=O. The number of rotatable bonds is 1. The molecule has 0 atom stereocenters. The van der Waals surface area contributed by atoms with Crippen molar-refractivity contribution < 1.29 is 24.0 Å². The second-order valence-electron chi connectivity index (χ2n) is 2.13. The Hall–Kier alpha value is -1.59. The van der Waals surface area contributed by atoms with Crippen molar-refractivity contribution in [2.24, 2.45) is 0 Å². The number of hydroxylamine groups is 2. The monoisotopic (exact) mass is 173 g/mol. The molecule has 2 amide bonds. The summed E-state index contributed by atoms with van der Waals surface area (Å²) < 4.78 is 4.10. The Morgan fingerprint density at radius 2 is 1.83 bits per heavy atom. The lowest BCUT2D eigenvalue weighted by molar-refractivity contribution is -0.176. The van der Waals surface area contributed by atoms with Crippen LogP contribution in [0, 0.1) is 0 Å².